The zero-order valence-corrected chi connectivity index (χ0v) is 19.6. The van der Waals surface area contributed by atoms with E-state index in [0.717, 1.165) is 34.4 Å². The number of hydrogen-bond acceptors (Lipinski definition) is 6. The standard InChI is InChI=1S/C22H25ClN4O3S/c1-5-25(6-2)9-10-26(21(28)17-13-16(27(29)30)7-8-18(17)23)22-24-19-12-14(3)11-15(4)20(19)31-22/h7-8,11-13H,5-6,9-10H2,1-4H3. The van der Waals surface area contributed by atoms with Gasteiger partial charge in [-0.15, -0.1) is 0 Å². The van der Waals surface area contributed by atoms with Crippen molar-refractivity contribution in [1.29, 1.82) is 0 Å². The lowest BCUT2D eigenvalue weighted by Crippen LogP contribution is -2.39. The number of carbonyl (C=O) groups is 1. The third-order valence-corrected chi connectivity index (χ3v) is 6.77. The first-order valence-electron chi connectivity index (χ1n) is 10.1. The number of fused-ring (bicyclic) bond motifs is 1. The molecular formula is C22H25ClN4O3S. The van der Waals surface area contributed by atoms with Crippen molar-refractivity contribution in [3.8, 4) is 0 Å². The molecule has 1 heterocycles. The average molecular weight is 461 g/mol. The van der Waals surface area contributed by atoms with E-state index in [0.29, 0.717) is 18.2 Å². The van der Waals surface area contributed by atoms with Gasteiger partial charge in [0.05, 0.1) is 25.7 Å². The molecule has 3 rings (SSSR count). The second kappa shape index (κ2) is 9.72. The number of benzene rings is 2. The van der Waals surface area contributed by atoms with Crippen LogP contribution in [-0.2, 0) is 0 Å². The number of nitro benzene ring substituents is 1. The summed E-state index contributed by atoms with van der Waals surface area (Å²) < 4.78 is 1.02. The second-order valence-corrected chi connectivity index (χ2v) is 8.72. The number of non-ortho nitro benzene ring substituents is 1. The molecule has 31 heavy (non-hydrogen) atoms. The van der Waals surface area contributed by atoms with Crippen molar-refractivity contribution < 1.29 is 9.72 Å². The Bertz CT molecular complexity index is 1130. The van der Waals surface area contributed by atoms with E-state index in [1.54, 1.807) is 4.90 Å². The van der Waals surface area contributed by atoms with Crippen molar-refractivity contribution >= 4 is 49.9 Å². The number of aromatic nitrogens is 1. The van der Waals surface area contributed by atoms with E-state index in [9.17, 15) is 14.9 Å². The number of anilines is 1. The molecule has 0 unspecified atom stereocenters. The van der Waals surface area contributed by atoms with Gasteiger partial charge in [-0.25, -0.2) is 4.98 Å². The van der Waals surface area contributed by atoms with Crippen molar-refractivity contribution in [2.45, 2.75) is 27.7 Å². The van der Waals surface area contributed by atoms with Crippen molar-refractivity contribution in [3.05, 3.63) is 62.2 Å². The molecule has 0 spiro atoms. The van der Waals surface area contributed by atoms with E-state index in [-0.39, 0.29) is 16.3 Å². The number of nitrogens with zero attached hydrogens (tertiary/aromatic N) is 4. The molecule has 0 N–H and O–H groups in total. The highest BCUT2D eigenvalue weighted by molar-refractivity contribution is 7.22. The molecule has 7 nitrogen and oxygen atoms in total. The molecule has 1 amide bonds. The molecule has 0 atom stereocenters. The van der Waals surface area contributed by atoms with E-state index in [4.69, 9.17) is 16.6 Å². The summed E-state index contributed by atoms with van der Waals surface area (Å²) >= 11 is 7.72. The maximum absolute atomic E-state index is 13.5. The molecule has 0 bridgehead atoms. The number of halogens is 1. The summed E-state index contributed by atoms with van der Waals surface area (Å²) in [5.41, 5.74) is 2.96. The molecule has 3 aromatic rings. The maximum atomic E-state index is 13.5. The number of rotatable bonds is 8. The Morgan fingerprint density at radius 1 is 1.16 bits per heavy atom. The third kappa shape index (κ3) is 5.03. The predicted octanol–water partition coefficient (Wildman–Crippen LogP) is 5.46. The normalized spacial score (nSPS) is 11.3. The van der Waals surface area contributed by atoms with E-state index < -0.39 is 10.8 Å². The molecule has 0 aliphatic heterocycles. The number of thiazole rings is 1. The monoisotopic (exact) mass is 460 g/mol. The summed E-state index contributed by atoms with van der Waals surface area (Å²) in [6.07, 6.45) is 0. The quantitative estimate of drug-likeness (QED) is 0.329. The van der Waals surface area contributed by atoms with Gasteiger partial charge in [-0.3, -0.25) is 19.8 Å². The zero-order chi connectivity index (χ0) is 22.7. The van der Waals surface area contributed by atoms with Gasteiger partial charge >= 0.3 is 0 Å². The van der Waals surface area contributed by atoms with E-state index in [1.807, 2.05) is 19.9 Å². The van der Waals surface area contributed by atoms with Crippen LogP contribution in [0.2, 0.25) is 5.02 Å². The lowest BCUT2D eigenvalue weighted by Gasteiger charge is -2.25. The Morgan fingerprint density at radius 2 is 1.87 bits per heavy atom. The first-order valence-corrected chi connectivity index (χ1v) is 11.3. The van der Waals surface area contributed by atoms with Crippen LogP contribution in [0.3, 0.4) is 0 Å². The minimum atomic E-state index is -0.531. The minimum Gasteiger partial charge on any atom is -0.302 e. The fraction of sp³-hybridized carbons (Fsp3) is 0.364. The number of hydrogen-bond donors (Lipinski definition) is 0. The Balaban J connectivity index is 2.06. The van der Waals surface area contributed by atoms with Crippen molar-refractivity contribution in [3.63, 3.8) is 0 Å². The molecule has 0 aliphatic rings. The topological polar surface area (TPSA) is 79.6 Å². The minimum absolute atomic E-state index is 0.0996. The van der Waals surface area contributed by atoms with Gasteiger partial charge < -0.3 is 4.90 Å². The fourth-order valence-corrected chi connectivity index (χ4v) is 4.72. The molecular weight excluding hydrogens is 436 g/mol. The summed E-state index contributed by atoms with van der Waals surface area (Å²) in [5, 5.41) is 12.0. The number of carbonyl (C=O) groups excluding carboxylic acids is 1. The highest BCUT2D eigenvalue weighted by Crippen LogP contribution is 2.34. The Kier molecular flexibility index (Phi) is 7.25. The summed E-state index contributed by atoms with van der Waals surface area (Å²) in [6.45, 7) is 10.9. The molecule has 0 radical (unpaired) electrons. The zero-order valence-electron chi connectivity index (χ0n) is 18.0. The highest BCUT2D eigenvalue weighted by Gasteiger charge is 2.25. The van der Waals surface area contributed by atoms with Gasteiger partial charge in [0, 0.05) is 25.2 Å². The molecule has 9 heteroatoms. The Hall–Kier alpha value is -2.55. The average Bonchev–Trinajstić information content (AvgIpc) is 3.15. The summed E-state index contributed by atoms with van der Waals surface area (Å²) in [5.74, 6) is -0.394. The maximum Gasteiger partial charge on any atom is 0.270 e. The van der Waals surface area contributed by atoms with Crippen molar-refractivity contribution in [1.82, 2.24) is 9.88 Å². The Labute approximate surface area is 190 Å². The molecule has 164 valence electrons. The van der Waals surface area contributed by atoms with E-state index in [1.165, 1.54) is 29.5 Å². The molecule has 0 fully saturated rings. The lowest BCUT2D eigenvalue weighted by molar-refractivity contribution is -0.384. The van der Waals surface area contributed by atoms with Gasteiger partial charge in [-0.05, 0) is 50.2 Å². The van der Waals surface area contributed by atoms with E-state index >= 15 is 0 Å². The first kappa shape index (κ1) is 23.1. The van der Waals surface area contributed by atoms with Gasteiger partial charge in [0.15, 0.2) is 5.13 Å². The summed E-state index contributed by atoms with van der Waals surface area (Å²) in [6, 6.07) is 8.00. The van der Waals surface area contributed by atoms with Crippen LogP contribution in [0.15, 0.2) is 30.3 Å². The van der Waals surface area contributed by atoms with Gasteiger partial charge in [-0.1, -0.05) is 42.9 Å². The van der Waals surface area contributed by atoms with Crippen LogP contribution in [-0.4, -0.2) is 46.9 Å². The molecule has 1 aromatic heterocycles. The summed E-state index contributed by atoms with van der Waals surface area (Å²) in [7, 11) is 0. The first-order chi connectivity index (χ1) is 14.7. The van der Waals surface area contributed by atoms with Gasteiger partial charge in [0.25, 0.3) is 11.6 Å². The molecule has 0 saturated carbocycles. The molecule has 2 aromatic carbocycles. The molecule has 0 saturated heterocycles. The predicted molar refractivity (Wildman–Crippen MR) is 127 cm³/mol. The Morgan fingerprint density at radius 3 is 2.52 bits per heavy atom. The highest BCUT2D eigenvalue weighted by atomic mass is 35.5. The van der Waals surface area contributed by atoms with Crippen LogP contribution >= 0.6 is 22.9 Å². The van der Waals surface area contributed by atoms with Crippen LogP contribution in [0.5, 0.6) is 0 Å². The van der Waals surface area contributed by atoms with Crippen LogP contribution in [0.25, 0.3) is 10.2 Å². The van der Waals surface area contributed by atoms with Crippen LogP contribution in [0.4, 0.5) is 10.8 Å². The van der Waals surface area contributed by atoms with Crippen LogP contribution < -0.4 is 4.90 Å². The second-order valence-electron chi connectivity index (χ2n) is 7.33. The molecule has 0 aliphatic carbocycles. The van der Waals surface area contributed by atoms with Crippen LogP contribution in [0.1, 0.15) is 35.3 Å². The van der Waals surface area contributed by atoms with Gasteiger partial charge in [0.1, 0.15) is 0 Å². The van der Waals surface area contributed by atoms with Crippen molar-refractivity contribution in [2.24, 2.45) is 0 Å². The van der Waals surface area contributed by atoms with E-state index in [2.05, 4.69) is 24.8 Å². The van der Waals surface area contributed by atoms with Crippen LogP contribution in [0, 0.1) is 24.0 Å². The number of nitro groups is 1. The lowest BCUT2D eigenvalue weighted by atomic mass is 10.1. The number of aryl methyl sites for hydroxylation is 2. The van der Waals surface area contributed by atoms with Gasteiger partial charge in [-0.2, -0.15) is 0 Å². The summed E-state index contributed by atoms with van der Waals surface area (Å²) in [4.78, 5) is 32.7. The number of likely N-dealkylation sites (N-methyl/N-ethyl adjacent to an activating group) is 1. The fourth-order valence-electron chi connectivity index (χ4n) is 3.48. The van der Waals surface area contributed by atoms with Crippen molar-refractivity contribution in [2.75, 3.05) is 31.1 Å². The number of amides is 1. The SMILES string of the molecule is CCN(CC)CCN(C(=O)c1cc([N+](=O)[O-])ccc1Cl)c1nc2cc(C)cc(C)c2s1. The smallest absolute Gasteiger partial charge is 0.270 e. The third-order valence-electron chi connectivity index (χ3n) is 5.21. The van der Waals surface area contributed by atoms with Gasteiger partial charge in [0.2, 0.25) is 0 Å². The largest absolute Gasteiger partial charge is 0.302 e.